The van der Waals surface area contributed by atoms with Gasteiger partial charge >= 0.3 is 0 Å². The van der Waals surface area contributed by atoms with E-state index in [2.05, 4.69) is 17.5 Å². The van der Waals surface area contributed by atoms with Gasteiger partial charge in [-0.1, -0.05) is 0 Å². The first kappa shape index (κ1) is 11.3. The minimum atomic E-state index is 0.461. The maximum absolute atomic E-state index is 5.68. The highest BCUT2D eigenvalue weighted by atomic mass is 32.1. The monoisotopic (exact) mass is 204 g/mol. The summed E-state index contributed by atoms with van der Waals surface area (Å²) in [5.41, 5.74) is 5.39. The molecule has 1 fully saturated rings. The van der Waals surface area contributed by atoms with E-state index >= 15 is 0 Å². The Morgan fingerprint density at radius 1 is 1.38 bits per heavy atom. The van der Waals surface area contributed by atoms with Gasteiger partial charge in [0, 0.05) is 25.6 Å². The third-order valence-corrected chi connectivity index (χ3v) is 2.84. The molecule has 0 saturated carbocycles. The van der Waals surface area contributed by atoms with Crippen molar-refractivity contribution in [1.29, 1.82) is 0 Å². The van der Waals surface area contributed by atoms with E-state index in [0.29, 0.717) is 6.10 Å². The van der Waals surface area contributed by atoms with Crippen LogP contribution in [-0.4, -0.2) is 43.1 Å². The van der Waals surface area contributed by atoms with Crippen LogP contribution < -0.4 is 5.73 Å². The Labute approximate surface area is 86.0 Å². The van der Waals surface area contributed by atoms with Crippen molar-refractivity contribution in [2.75, 3.05) is 32.1 Å². The van der Waals surface area contributed by atoms with E-state index in [-0.39, 0.29) is 0 Å². The van der Waals surface area contributed by atoms with Gasteiger partial charge in [0.15, 0.2) is 0 Å². The number of nitrogens with two attached hydrogens (primary N) is 1. The molecule has 3 nitrogen and oxygen atoms in total. The van der Waals surface area contributed by atoms with Gasteiger partial charge in [-0.2, -0.15) is 12.6 Å². The Morgan fingerprint density at radius 2 is 2.08 bits per heavy atom. The average molecular weight is 204 g/mol. The molecule has 0 aromatic heterocycles. The summed E-state index contributed by atoms with van der Waals surface area (Å²) in [6, 6.07) is 0. The van der Waals surface area contributed by atoms with Crippen LogP contribution in [0.2, 0.25) is 0 Å². The lowest BCUT2D eigenvalue weighted by atomic mass is 10.1. The van der Waals surface area contributed by atoms with E-state index in [1.165, 1.54) is 0 Å². The van der Waals surface area contributed by atoms with Crippen molar-refractivity contribution in [2.24, 2.45) is 5.73 Å². The van der Waals surface area contributed by atoms with E-state index in [0.717, 1.165) is 51.4 Å². The molecule has 78 valence electrons. The van der Waals surface area contributed by atoms with Crippen LogP contribution in [0.15, 0.2) is 0 Å². The second kappa shape index (κ2) is 6.65. The van der Waals surface area contributed by atoms with Gasteiger partial charge < -0.3 is 10.5 Å². The fraction of sp³-hybridized carbons (Fsp3) is 1.00. The lowest BCUT2D eigenvalue weighted by Crippen LogP contribution is -2.36. The standard InChI is InChI=1S/C9H20N2OS/c10-4-1-7-12-9-2-5-11(8-13)6-3-9/h9,13H,1-8,10H2. The Bertz CT molecular complexity index is 124. The molecule has 0 bridgehead atoms. The lowest BCUT2D eigenvalue weighted by Gasteiger charge is -2.30. The van der Waals surface area contributed by atoms with Gasteiger partial charge in [-0.15, -0.1) is 0 Å². The van der Waals surface area contributed by atoms with Crippen molar-refractivity contribution >= 4 is 12.6 Å². The molecule has 4 heteroatoms. The minimum Gasteiger partial charge on any atom is -0.378 e. The number of ether oxygens (including phenoxy) is 1. The molecule has 1 aliphatic rings. The molecule has 0 spiro atoms. The first-order valence-corrected chi connectivity index (χ1v) is 5.65. The molecule has 0 aliphatic carbocycles. The number of hydrogen-bond acceptors (Lipinski definition) is 4. The molecular weight excluding hydrogens is 184 g/mol. The van der Waals surface area contributed by atoms with E-state index in [9.17, 15) is 0 Å². The Morgan fingerprint density at radius 3 is 2.62 bits per heavy atom. The Balaban J connectivity index is 2.03. The maximum Gasteiger partial charge on any atom is 0.0599 e. The molecule has 0 radical (unpaired) electrons. The Hall–Kier alpha value is 0.230. The van der Waals surface area contributed by atoms with Gasteiger partial charge in [-0.25, -0.2) is 0 Å². The number of hydrogen-bond donors (Lipinski definition) is 2. The van der Waals surface area contributed by atoms with E-state index in [1.807, 2.05) is 0 Å². The largest absolute Gasteiger partial charge is 0.378 e. The highest BCUT2D eigenvalue weighted by Gasteiger charge is 2.17. The predicted octanol–water partition coefficient (Wildman–Crippen LogP) is 0.704. The van der Waals surface area contributed by atoms with E-state index < -0.39 is 0 Å². The van der Waals surface area contributed by atoms with Gasteiger partial charge in [0.05, 0.1) is 6.10 Å². The van der Waals surface area contributed by atoms with Crippen LogP contribution >= 0.6 is 12.6 Å². The summed E-state index contributed by atoms with van der Waals surface area (Å²) in [4.78, 5) is 2.34. The summed E-state index contributed by atoms with van der Waals surface area (Å²) >= 11 is 4.25. The molecule has 1 heterocycles. The van der Waals surface area contributed by atoms with Crippen molar-refractivity contribution in [3.05, 3.63) is 0 Å². The zero-order valence-corrected chi connectivity index (χ0v) is 9.01. The van der Waals surface area contributed by atoms with Crippen molar-refractivity contribution in [1.82, 2.24) is 4.90 Å². The van der Waals surface area contributed by atoms with Crippen LogP contribution in [0.1, 0.15) is 19.3 Å². The zero-order chi connectivity index (χ0) is 9.52. The molecule has 0 amide bonds. The van der Waals surface area contributed by atoms with Gasteiger partial charge in [0.1, 0.15) is 0 Å². The second-order valence-electron chi connectivity index (χ2n) is 3.47. The number of likely N-dealkylation sites (tertiary alicyclic amines) is 1. The second-order valence-corrected chi connectivity index (χ2v) is 3.75. The first-order chi connectivity index (χ1) is 6.36. The number of thiol groups is 1. The number of rotatable bonds is 5. The van der Waals surface area contributed by atoms with Gasteiger partial charge in [0.2, 0.25) is 0 Å². The molecule has 1 aliphatic heterocycles. The molecule has 13 heavy (non-hydrogen) atoms. The quantitative estimate of drug-likeness (QED) is 0.511. The van der Waals surface area contributed by atoms with E-state index in [4.69, 9.17) is 10.5 Å². The minimum absolute atomic E-state index is 0.461. The molecule has 2 N–H and O–H groups in total. The average Bonchev–Trinajstić information content (AvgIpc) is 2.19. The third kappa shape index (κ3) is 4.31. The molecule has 0 atom stereocenters. The number of nitrogens with zero attached hydrogens (tertiary/aromatic N) is 1. The fourth-order valence-corrected chi connectivity index (χ4v) is 1.83. The van der Waals surface area contributed by atoms with Crippen molar-refractivity contribution in [3.8, 4) is 0 Å². The molecule has 1 saturated heterocycles. The highest BCUT2D eigenvalue weighted by Crippen LogP contribution is 2.13. The summed E-state index contributed by atoms with van der Waals surface area (Å²) in [6.45, 7) is 3.80. The topological polar surface area (TPSA) is 38.5 Å². The van der Waals surface area contributed by atoms with Crippen LogP contribution in [0.5, 0.6) is 0 Å². The van der Waals surface area contributed by atoms with Crippen LogP contribution in [-0.2, 0) is 4.74 Å². The summed E-state index contributed by atoms with van der Waals surface area (Å²) in [7, 11) is 0. The Kier molecular flexibility index (Phi) is 5.78. The van der Waals surface area contributed by atoms with Crippen LogP contribution in [0.3, 0.4) is 0 Å². The van der Waals surface area contributed by atoms with Crippen LogP contribution in [0.25, 0.3) is 0 Å². The first-order valence-electron chi connectivity index (χ1n) is 5.01. The fourth-order valence-electron chi connectivity index (χ4n) is 1.55. The number of piperidine rings is 1. The maximum atomic E-state index is 5.68. The lowest BCUT2D eigenvalue weighted by molar-refractivity contribution is 0.0111. The third-order valence-electron chi connectivity index (χ3n) is 2.44. The van der Waals surface area contributed by atoms with Crippen LogP contribution in [0, 0.1) is 0 Å². The van der Waals surface area contributed by atoms with Crippen LogP contribution in [0.4, 0.5) is 0 Å². The zero-order valence-electron chi connectivity index (χ0n) is 8.11. The molecule has 0 aromatic rings. The molecular formula is C9H20N2OS. The van der Waals surface area contributed by atoms with Gasteiger partial charge in [0.25, 0.3) is 0 Å². The van der Waals surface area contributed by atoms with Gasteiger partial charge in [-0.05, 0) is 25.8 Å². The van der Waals surface area contributed by atoms with Crippen molar-refractivity contribution in [2.45, 2.75) is 25.4 Å². The molecule has 0 aromatic carbocycles. The van der Waals surface area contributed by atoms with E-state index in [1.54, 1.807) is 0 Å². The molecule has 1 rings (SSSR count). The predicted molar refractivity (Wildman–Crippen MR) is 58.1 cm³/mol. The van der Waals surface area contributed by atoms with Gasteiger partial charge in [-0.3, -0.25) is 4.90 Å². The highest BCUT2D eigenvalue weighted by molar-refractivity contribution is 7.80. The summed E-state index contributed by atoms with van der Waals surface area (Å²) in [5.74, 6) is 0.871. The smallest absolute Gasteiger partial charge is 0.0599 e. The normalized spacial score (nSPS) is 20.8. The van der Waals surface area contributed by atoms with Crippen molar-refractivity contribution < 1.29 is 4.74 Å². The summed E-state index contributed by atoms with van der Waals surface area (Å²) in [5, 5.41) is 0. The summed E-state index contributed by atoms with van der Waals surface area (Å²) < 4.78 is 5.68. The summed E-state index contributed by atoms with van der Waals surface area (Å²) in [6.07, 6.45) is 3.73. The van der Waals surface area contributed by atoms with Crippen molar-refractivity contribution in [3.63, 3.8) is 0 Å². The molecule has 0 unspecified atom stereocenters. The SMILES string of the molecule is NCCCOC1CCN(CS)CC1.